The molecular weight excluding hydrogens is 180 g/mol. The monoisotopic (exact) mass is 196 g/mol. The van der Waals surface area contributed by atoms with Crippen molar-refractivity contribution >= 4 is 11.4 Å². The quantitative estimate of drug-likeness (QED) is 0.741. The van der Waals surface area contributed by atoms with Crippen LogP contribution in [0.4, 0.5) is 11.4 Å². The third-order valence-corrected chi connectivity index (χ3v) is 2.03. The largest absolute Gasteiger partial charge is 0.495 e. The fourth-order valence-corrected chi connectivity index (χ4v) is 1.37. The van der Waals surface area contributed by atoms with Crippen molar-refractivity contribution in [3.63, 3.8) is 0 Å². The molecule has 1 aromatic carbocycles. The molecule has 1 aromatic rings. The Balaban J connectivity index is 3.31. The molecule has 0 fully saturated rings. The molecule has 0 aliphatic carbocycles. The van der Waals surface area contributed by atoms with Crippen molar-refractivity contribution in [1.29, 1.82) is 0 Å². The van der Waals surface area contributed by atoms with Crippen molar-refractivity contribution in [2.24, 2.45) is 0 Å². The number of hydrogen-bond donors (Lipinski definition) is 1. The second kappa shape index (κ2) is 4.09. The summed E-state index contributed by atoms with van der Waals surface area (Å²) in [7, 11) is 7.03. The number of benzene rings is 1. The average molecular weight is 196 g/mol. The van der Waals surface area contributed by atoms with E-state index in [0.29, 0.717) is 11.4 Å². The van der Waals surface area contributed by atoms with Crippen LogP contribution < -0.4 is 20.1 Å². The fraction of sp³-hybridized carbons (Fsp3) is 0.400. The van der Waals surface area contributed by atoms with Gasteiger partial charge in [0.2, 0.25) is 0 Å². The van der Waals surface area contributed by atoms with E-state index in [1.165, 1.54) is 0 Å². The zero-order chi connectivity index (χ0) is 10.7. The molecule has 0 bridgehead atoms. The molecule has 0 unspecified atom stereocenters. The first-order chi connectivity index (χ1) is 6.61. The Kier molecular flexibility index (Phi) is 3.06. The topological polar surface area (TPSA) is 47.7 Å². The lowest BCUT2D eigenvalue weighted by Crippen LogP contribution is -2.13. The number of nitrogens with zero attached hydrogens (tertiary/aromatic N) is 1. The Hall–Kier alpha value is -1.58. The highest BCUT2D eigenvalue weighted by molar-refractivity contribution is 5.79. The van der Waals surface area contributed by atoms with Crippen LogP contribution in [0.2, 0.25) is 0 Å². The van der Waals surface area contributed by atoms with Crippen molar-refractivity contribution in [1.82, 2.24) is 0 Å². The molecule has 0 atom stereocenters. The van der Waals surface area contributed by atoms with E-state index >= 15 is 0 Å². The molecule has 4 nitrogen and oxygen atoms in total. The normalized spacial score (nSPS) is 9.71. The van der Waals surface area contributed by atoms with Crippen molar-refractivity contribution in [2.45, 2.75) is 0 Å². The molecule has 14 heavy (non-hydrogen) atoms. The minimum atomic E-state index is 0.594. The fourth-order valence-electron chi connectivity index (χ4n) is 1.37. The van der Waals surface area contributed by atoms with Gasteiger partial charge >= 0.3 is 0 Å². The molecule has 78 valence electrons. The number of rotatable bonds is 3. The number of hydrogen-bond acceptors (Lipinski definition) is 4. The first-order valence-electron chi connectivity index (χ1n) is 4.29. The molecule has 2 N–H and O–H groups in total. The number of methoxy groups -OCH3 is 2. The predicted octanol–water partition coefficient (Wildman–Crippen LogP) is 1.35. The number of ether oxygens (including phenoxy) is 2. The summed E-state index contributed by atoms with van der Waals surface area (Å²) in [5.74, 6) is 1.41. The molecule has 0 amide bonds. The van der Waals surface area contributed by atoms with Crippen LogP contribution in [0.5, 0.6) is 11.5 Å². The molecule has 0 saturated heterocycles. The van der Waals surface area contributed by atoms with Gasteiger partial charge in [-0.25, -0.2) is 0 Å². The minimum absolute atomic E-state index is 0.594. The van der Waals surface area contributed by atoms with E-state index in [0.717, 1.165) is 11.4 Å². The number of anilines is 2. The van der Waals surface area contributed by atoms with Gasteiger partial charge < -0.3 is 20.1 Å². The summed E-state index contributed by atoms with van der Waals surface area (Å²) in [5, 5.41) is 0. The maximum absolute atomic E-state index is 5.92. The minimum Gasteiger partial charge on any atom is -0.495 e. The lowest BCUT2D eigenvalue weighted by Gasteiger charge is -2.20. The summed E-state index contributed by atoms with van der Waals surface area (Å²) >= 11 is 0. The van der Waals surface area contributed by atoms with Crippen molar-refractivity contribution in [2.75, 3.05) is 38.9 Å². The van der Waals surface area contributed by atoms with Crippen LogP contribution in [0.25, 0.3) is 0 Å². The zero-order valence-corrected chi connectivity index (χ0v) is 9.00. The highest BCUT2D eigenvalue weighted by Crippen LogP contribution is 2.39. The van der Waals surface area contributed by atoms with E-state index in [1.807, 2.05) is 25.1 Å². The standard InChI is InChI=1S/C10H16N2O2/c1-12(2)10-8(14-4)6-5-7(13-3)9(10)11/h5-6H,11H2,1-4H3. The van der Waals surface area contributed by atoms with E-state index in [9.17, 15) is 0 Å². The van der Waals surface area contributed by atoms with Gasteiger partial charge in [0.25, 0.3) is 0 Å². The maximum atomic E-state index is 5.92. The predicted molar refractivity (Wildman–Crippen MR) is 58.3 cm³/mol. The second-order valence-electron chi connectivity index (χ2n) is 3.13. The van der Waals surface area contributed by atoms with Crippen LogP contribution in [-0.4, -0.2) is 28.3 Å². The Morgan fingerprint density at radius 2 is 1.57 bits per heavy atom. The lowest BCUT2D eigenvalue weighted by molar-refractivity contribution is 0.405. The van der Waals surface area contributed by atoms with Crippen LogP contribution in [0.3, 0.4) is 0 Å². The molecule has 0 radical (unpaired) electrons. The molecule has 0 aromatic heterocycles. The van der Waals surface area contributed by atoms with E-state index in [2.05, 4.69) is 0 Å². The first kappa shape index (κ1) is 10.5. The summed E-state index contributed by atoms with van der Waals surface area (Å²) in [5.41, 5.74) is 7.36. The molecule has 0 aliphatic rings. The van der Waals surface area contributed by atoms with Gasteiger partial charge in [0, 0.05) is 14.1 Å². The summed E-state index contributed by atoms with van der Waals surface area (Å²) in [6, 6.07) is 3.63. The lowest BCUT2D eigenvalue weighted by atomic mass is 10.2. The molecule has 0 aliphatic heterocycles. The van der Waals surface area contributed by atoms with E-state index in [1.54, 1.807) is 20.3 Å². The van der Waals surface area contributed by atoms with Crippen molar-refractivity contribution < 1.29 is 9.47 Å². The van der Waals surface area contributed by atoms with Gasteiger partial charge in [-0.1, -0.05) is 0 Å². The Morgan fingerprint density at radius 1 is 1.07 bits per heavy atom. The Labute approximate surface area is 84.2 Å². The van der Waals surface area contributed by atoms with Crippen molar-refractivity contribution in [3.05, 3.63) is 12.1 Å². The summed E-state index contributed by atoms with van der Waals surface area (Å²) in [6.45, 7) is 0. The van der Waals surface area contributed by atoms with E-state index in [4.69, 9.17) is 15.2 Å². The van der Waals surface area contributed by atoms with Gasteiger partial charge in [-0.3, -0.25) is 0 Å². The highest BCUT2D eigenvalue weighted by atomic mass is 16.5. The molecule has 0 heterocycles. The smallest absolute Gasteiger partial charge is 0.144 e. The number of nitrogen functional groups attached to an aromatic ring is 1. The average Bonchev–Trinajstić information content (AvgIpc) is 2.16. The van der Waals surface area contributed by atoms with Crippen LogP contribution in [0.1, 0.15) is 0 Å². The van der Waals surface area contributed by atoms with Gasteiger partial charge in [0.05, 0.1) is 14.2 Å². The van der Waals surface area contributed by atoms with Crippen LogP contribution in [-0.2, 0) is 0 Å². The molecule has 4 heteroatoms. The van der Waals surface area contributed by atoms with Gasteiger partial charge in [-0.2, -0.15) is 0 Å². The van der Waals surface area contributed by atoms with Gasteiger partial charge in [-0.05, 0) is 12.1 Å². The van der Waals surface area contributed by atoms with E-state index in [-0.39, 0.29) is 0 Å². The first-order valence-corrected chi connectivity index (χ1v) is 4.29. The van der Waals surface area contributed by atoms with E-state index < -0.39 is 0 Å². The SMILES string of the molecule is COc1ccc(OC)c(N(C)C)c1N. The highest BCUT2D eigenvalue weighted by Gasteiger charge is 2.13. The summed E-state index contributed by atoms with van der Waals surface area (Å²) in [4.78, 5) is 1.90. The van der Waals surface area contributed by atoms with Gasteiger partial charge in [0.1, 0.15) is 22.9 Å². The van der Waals surface area contributed by atoms with Gasteiger partial charge in [-0.15, -0.1) is 0 Å². The third-order valence-electron chi connectivity index (χ3n) is 2.03. The van der Waals surface area contributed by atoms with Crippen LogP contribution in [0.15, 0.2) is 12.1 Å². The molecular formula is C10H16N2O2. The Bertz CT molecular complexity index is 324. The zero-order valence-electron chi connectivity index (χ0n) is 9.00. The Morgan fingerprint density at radius 3 is 2.00 bits per heavy atom. The number of nitrogens with two attached hydrogens (primary N) is 1. The third kappa shape index (κ3) is 1.69. The van der Waals surface area contributed by atoms with Crippen LogP contribution >= 0.6 is 0 Å². The molecule has 1 rings (SSSR count). The molecule has 0 spiro atoms. The van der Waals surface area contributed by atoms with Crippen molar-refractivity contribution in [3.8, 4) is 11.5 Å². The second-order valence-corrected chi connectivity index (χ2v) is 3.13. The summed E-state index contributed by atoms with van der Waals surface area (Å²) < 4.78 is 10.3. The maximum Gasteiger partial charge on any atom is 0.144 e. The summed E-state index contributed by atoms with van der Waals surface area (Å²) in [6.07, 6.45) is 0. The van der Waals surface area contributed by atoms with Crippen LogP contribution in [0, 0.1) is 0 Å². The molecule has 0 saturated carbocycles. The van der Waals surface area contributed by atoms with Gasteiger partial charge in [0.15, 0.2) is 0 Å².